The average Bonchev–Trinajstić information content (AvgIpc) is 2.43. The Bertz CT molecular complexity index is 448. The molecule has 0 aliphatic rings. The van der Waals surface area contributed by atoms with E-state index in [9.17, 15) is 19.2 Å². The molecule has 1 atom stereocenters. The molecule has 0 saturated carbocycles. The van der Waals surface area contributed by atoms with Crippen LogP contribution in [0.25, 0.3) is 0 Å². The van der Waals surface area contributed by atoms with Crippen LogP contribution < -0.4 is 5.73 Å². The zero-order chi connectivity index (χ0) is 15.2. The van der Waals surface area contributed by atoms with Gasteiger partial charge in [-0.05, 0) is 25.8 Å². The molecule has 0 aliphatic heterocycles. The Morgan fingerprint density at radius 1 is 1.15 bits per heavy atom. The van der Waals surface area contributed by atoms with Crippen molar-refractivity contribution < 1.29 is 19.2 Å². The molecule has 0 aromatic carbocycles. The maximum Gasteiger partial charge on any atom is 0.280 e. The first kappa shape index (κ1) is 17.6. The lowest BCUT2D eigenvalue weighted by molar-refractivity contribution is -0.123. The Hall–Kier alpha value is -2.43. The topological polar surface area (TPSA) is 135 Å². The maximum absolute atomic E-state index is 11.7. The van der Waals surface area contributed by atoms with Crippen LogP contribution in [-0.2, 0) is 19.2 Å². The van der Waals surface area contributed by atoms with Gasteiger partial charge in [0.1, 0.15) is 6.04 Å². The number of carbonyl (C=O) groups excluding carboxylic acids is 4. The fraction of sp³-hybridized carbons (Fsp3) is 0.636. The first-order valence-electron chi connectivity index (χ1n) is 5.91. The quantitative estimate of drug-likeness (QED) is 0.242. The van der Waals surface area contributed by atoms with E-state index in [1.54, 1.807) is 0 Å². The molecule has 0 saturated heterocycles. The van der Waals surface area contributed by atoms with E-state index >= 15 is 0 Å². The number of rotatable bonds is 10. The molecule has 0 rings (SSSR count). The van der Waals surface area contributed by atoms with Gasteiger partial charge >= 0.3 is 0 Å². The number of nitrogens with two attached hydrogens (primary N) is 1. The molecule has 0 unspecified atom stereocenters. The maximum atomic E-state index is 11.7. The van der Waals surface area contributed by atoms with E-state index in [0.717, 1.165) is 11.1 Å². The van der Waals surface area contributed by atoms with Crippen molar-refractivity contribution >= 4 is 24.1 Å². The second-order valence-electron chi connectivity index (χ2n) is 3.67. The van der Waals surface area contributed by atoms with Gasteiger partial charge < -0.3 is 5.73 Å². The summed E-state index contributed by atoms with van der Waals surface area (Å²) in [7, 11) is 0. The van der Waals surface area contributed by atoms with Gasteiger partial charge in [0, 0.05) is 0 Å². The third kappa shape index (κ3) is 7.10. The van der Waals surface area contributed by atoms with Gasteiger partial charge in [-0.1, -0.05) is 5.10 Å². The molecule has 0 aromatic heterocycles. The second-order valence-corrected chi connectivity index (χ2v) is 3.67. The number of amides is 1. The summed E-state index contributed by atoms with van der Waals surface area (Å²) in [6, 6.07) is -0.911. The van der Waals surface area contributed by atoms with E-state index in [4.69, 9.17) is 5.73 Å². The van der Waals surface area contributed by atoms with Crippen molar-refractivity contribution in [2.24, 2.45) is 20.8 Å². The van der Waals surface area contributed by atoms with E-state index in [0.29, 0.717) is 25.8 Å². The molecule has 0 aromatic rings. The zero-order valence-electron chi connectivity index (χ0n) is 10.8. The molecule has 0 radical (unpaired) electrons. The number of aliphatic imine (C=N–C) groups is 2. The van der Waals surface area contributed by atoms with Crippen LogP contribution in [0.2, 0.25) is 0 Å². The first-order valence-corrected chi connectivity index (χ1v) is 5.91. The summed E-state index contributed by atoms with van der Waals surface area (Å²) in [5.74, 6) is -0.772. The van der Waals surface area contributed by atoms with Crippen molar-refractivity contribution in [2.75, 3.05) is 19.6 Å². The lowest BCUT2D eigenvalue weighted by Crippen LogP contribution is -2.38. The minimum atomic E-state index is -0.911. The zero-order valence-corrected chi connectivity index (χ0v) is 10.8. The lowest BCUT2D eigenvalue weighted by Gasteiger charge is -2.24. The Balaban J connectivity index is 4.95. The minimum Gasteiger partial charge on any atom is -0.330 e. The number of carbonyl (C=O) groups is 1. The van der Waals surface area contributed by atoms with Crippen LogP contribution in [0.5, 0.6) is 0 Å². The van der Waals surface area contributed by atoms with Gasteiger partial charge in [0.05, 0.1) is 13.1 Å². The van der Waals surface area contributed by atoms with Gasteiger partial charge in [-0.2, -0.15) is 0 Å². The van der Waals surface area contributed by atoms with Crippen LogP contribution in [0.15, 0.2) is 15.1 Å². The van der Waals surface area contributed by atoms with Crippen LogP contribution in [0.4, 0.5) is 0 Å². The van der Waals surface area contributed by atoms with Gasteiger partial charge in [0.25, 0.3) is 12.0 Å². The fourth-order valence-electron chi connectivity index (χ4n) is 1.53. The van der Waals surface area contributed by atoms with Gasteiger partial charge in [0.15, 0.2) is 0 Å². The third-order valence-electron chi connectivity index (χ3n) is 2.41. The number of isocyanates is 3. The summed E-state index contributed by atoms with van der Waals surface area (Å²) in [6.45, 7) is 0.474. The molecule has 0 fully saturated rings. The highest BCUT2D eigenvalue weighted by molar-refractivity contribution is 5.86. The summed E-state index contributed by atoms with van der Waals surface area (Å²) >= 11 is 0. The smallest absolute Gasteiger partial charge is 0.280 e. The lowest BCUT2D eigenvalue weighted by atomic mass is 10.1. The molecule has 0 bridgehead atoms. The highest BCUT2D eigenvalue weighted by atomic mass is 16.2. The van der Waals surface area contributed by atoms with E-state index in [2.05, 4.69) is 15.1 Å². The summed E-state index contributed by atoms with van der Waals surface area (Å²) < 4.78 is 0. The predicted octanol–water partition coefficient (Wildman–Crippen LogP) is -0.765. The molecule has 2 N–H and O–H groups in total. The monoisotopic (exact) mass is 281 g/mol. The Morgan fingerprint density at radius 3 is 2.45 bits per heavy atom. The molecular weight excluding hydrogens is 266 g/mol. The number of hydrazone groups is 1. The van der Waals surface area contributed by atoms with Crippen LogP contribution in [0.1, 0.15) is 19.3 Å². The first-order chi connectivity index (χ1) is 9.71. The van der Waals surface area contributed by atoms with E-state index in [1.807, 2.05) is 0 Å². The van der Waals surface area contributed by atoms with Crippen LogP contribution in [-0.4, -0.2) is 54.8 Å². The molecule has 9 nitrogen and oxygen atoms in total. The fourth-order valence-corrected chi connectivity index (χ4v) is 1.53. The highest BCUT2D eigenvalue weighted by Gasteiger charge is 2.24. The number of nitrogens with zero attached hydrogens (tertiary/aromatic N) is 4. The van der Waals surface area contributed by atoms with E-state index in [1.165, 1.54) is 12.2 Å². The number of hydrogen-bond acceptors (Lipinski definition) is 8. The van der Waals surface area contributed by atoms with Crippen molar-refractivity contribution in [1.29, 1.82) is 0 Å². The summed E-state index contributed by atoms with van der Waals surface area (Å²) in [5.41, 5.74) is 5.35. The Morgan fingerprint density at radius 2 is 1.90 bits per heavy atom. The van der Waals surface area contributed by atoms with Gasteiger partial charge in [-0.15, -0.1) is 4.99 Å². The summed E-state index contributed by atoms with van der Waals surface area (Å²) in [5, 5.41) is 4.47. The van der Waals surface area contributed by atoms with Crippen molar-refractivity contribution in [1.82, 2.24) is 5.01 Å². The second kappa shape index (κ2) is 11.6. The van der Waals surface area contributed by atoms with Crippen LogP contribution in [0, 0.1) is 0 Å². The highest BCUT2D eigenvalue weighted by Crippen LogP contribution is 2.11. The molecule has 108 valence electrons. The van der Waals surface area contributed by atoms with Crippen molar-refractivity contribution in [3.8, 4) is 0 Å². The molecule has 0 spiro atoms. The van der Waals surface area contributed by atoms with E-state index < -0.39 is 11.9 Å². The molecule has 9 heteroatoms. The Labute approximate surface area is 115 Å². The van der Waals surface area contributed by atoms with Gasteiger partial charge in [0.2, 0.25) is 12.2 Å². The van der Waals surface area contributed by atoms with Crippen LogP contribution >= 0.6 is 0 Å². The summed E-state index contributed by atoms with van der Waals surface area (Å²) in [6.07, 6.45) is 5.34. The van der Waals surface area contributed by atoms with Crippen LogP contribution in [0.3, 0.4) is 0 Å². The largest absolute Gasteiger partial charge is 0.330 e. The predicted molar refractivity (Wildman–Crippen MR) is 67.6 cm³/mol. The minimum absolute atomic E-state index is 0.000151. The summed E-state index contributed by atoms with van der Waals surface area (Å²) in [4.78, 5) is 48.5. The molecule has 0 heterocycles. The van der Waals surface area contributed by atoms with Crippen molar-refractivity contribution in [3.05, 3.63) is 0 Å². The van der Waals surface area contributed by atoms with Gasteiger partial charge in [-0.25, -0.2) is 19.4 Å². The molecule has 0 aliphatic carbocycles. The molecule has 1 amide bonds. The third-order valence-corrected chi connectivity index (χ3v) is 2.41. The standard InChI is InChI=1S/C11H15N5O4/c12-4-2-1-3-10(11(20)14-8-18)16(15-9-19)6-5-13-7-17/h10H,1-6,12H2/t10-/m0/s1. The number of unbranched alkanes of at least 4 members (excludes halogenated alkanes) is 1. The Kier molecular flexibility index (Phi) is 10.2. The van der Waals surface area contributed by atoms with Crippen molar-refractivity contribution in [3.63, 3.8) is 0 Å². The van der Waals surface area contributed by atoms with E-state index in [-0.39, 0.29) is 13.1 Å². The molecule has 20 heavy (non-hydrogen) atoms. The number of hydrogen-bond donors (Lipinski definition) is 1. The average molecular weight is 281 g/mol. The SMILES string of the molecule is NCCCC[C@@H](C(=O)N=C=O)N(CCN=C=O)N=C=O. The van der Waals surface area contributed by atoms with Gasteiger partial charge in [-0.3, -0.25) is 9.80 Å². The van der Waals surface area contributed by atoms with Crippen molar-refractivity contribution in [2.45, 2.75) is 25.3 Å². The normalized spacial score (nSPS) is 10.4. The molecular formula is C11H15N5O4.